The van der Waals surface area contributed by atoms with Gasteiger partial charge in [-0.2, -0.15) is 0 Å². The second-order valence-corrected chi connectivity index (χ2v) is 3.89. The third-order valence-corrected chi connectivity index (χ3v) is 2.77. The molecule has 0 aromatic carbocycles. The predicted octanol–water partition coefficient (Wildman–Crippen LogP) is 3.01. The number of halogens is 6. The lowest BCUT2D eigenvalue weighted by molar-refractivity contribution is -0.275. The van der Waals surface area contributed by atoms with Gasteiger partial charge >= 0.3 is 6.36 Å². The van der Waals surface area contributed by atoms with Crippen LogP contribution in [-0.2, 0) is 6.61 Å². The predicted molar refractivity (Wildman–Crippen MR) is 54.5 cm³/mol. The molecule has 0 saturated carbocycles. The molecule has 0 radical (unpaired) electrons. The first-order valence-corrected chi connectivity index (χ1v) is 5.16. The van der Waals surface area contributed by atoms with Crippen LogP contribution in [0.5, 0.6) is 5.75 Å². The van der Waals surface area contributed by atoms with Crippen molar-refractivity contribution in [2.24, 2.45) is 0 Å². The third kappa shape index (κ3) is 3.91. The molecule has 9 heteroatoms. The van der Waals surface area contributed by atoms with Gasteiger partial charge in [0.2, 0.25) is 0 Å². The summed E-state index contributed by atoms with van der Waals surface area (Å²) in [5, 5.41) is 8.80. The van der Waals surface area contributed by atoms with Gasteiger partial charge in [0.15, 0.2) is 0 Å². The van der Waals surface area contributed by atoms with Crippen molar-refractivity contribution in [1.82, 2.24) is 4.98 Å². The highest BCUT2D eigenvalue weighted by Gasteiger charge is 2.33. The zero-order valence-corrected chi connectivity index (χ0v) is 10.1. The first-order chi connectivity index (χ1) is 7.74. The van der Waals surface area contributed by atoms with Crippen molar-refractivity contribution < 1.29 is 31.8 Å². The number of alkyl halides is 5. The van der Waals surface area contributed by atoms with Crippen molar-refractivity contribution in [2.45, 2.75) is 19.4 Å². The molecule has 96 valence electrons. The fourth-order valence-corrected chi connectivity index (χ4v) is 1.55. The van der Waals surface area contributed by atoms with E-state index in [1.165, 1.54) is 22.6 Å². The number of aliphatic hydroxyl groups excluding tert-OH is 1. The molecule has 0 amide bonds. The van der Waals surface area contributed by atoms with Crippen LogP contribution in [-0.4, -0.2) is 16.5 Å². The molecule has 3 nitrogen and oxygen atoms in total. The van der Waals surface area contributed by atoms with Gasteiger partial charge in [0.25, 0.3) is 6.43 Å². The molecule has 1 aromatic rings. The van der Waals surface area contributed by atoms with Crippen molar-refractivity contribution in [3.63, 3.8) is 0 Å². The highest BCUT2D eigenvalue weighted by atomic mass is 127. The number of hydrogen-bond acceptors (Lipinski definition) is 3. The van der Waals surface area contributed by atoms with Gasteiger partial charge in [-0.05, 0) is 22.6 Å². The van der Waals surface area contributed by atoms with E-state index in [0.29, 0.717) is 6.07 Å². The molecule has 0 spiro atoms. The monoisotopic (exact) mass is 369 g/mol. The Morgan fingerprint density at radius 1 is 1.41 bits per heavy atom. The number of rotatable bonds is 3. The topological polar surface area (TPSA) is 42.4 Å². The Morgan fingerprint density at radius 2 is 2.00 bits per heavy atom. The first kappa shape index (κ1) is 14.4. The zero-order chi connectivity index (χ0) is 13.2. The summed E-state index contributed by atoms with van der Waals surface area (Å²) in [4.78, 5) is 3.33. The molecule has 0 unspecified atom stereocenters. The Hall–Kier alpha value is -0.710. The molecule has 0 saturated heterocycles. The minimum absolute atomic E-state index is 0.160. The van der Waals surface area contributed by atoms with E-state index >= 15 is 0 Å². The van der Waals surface area contributed by atoms with Crippen molar-refractivity contribution in [2.75, 3.05) is 0 Å². The highest BCUT2D eigenvalue weighted by Crippen LogP contribution is 2.32. The van der Waals surface area contributed by atoms with E-state index < -0.39 is 30.8 Å². The minimum Gasteiger partial charge on any atom is -0.405 e. The van der Waals surface area contributed by atoms with Crippen LogP contribution in [0.2, 0.25) is 0 Å². The molecule has 0 aliphatic carbocycles. The van der Waals surface area contributed by atoms with Gasteiger partial charge < -0.3 is 9.84 Å². The zero-order valence-electron chi connectivity index (χ0n) is 7.93. The second kappa shape index (κ2) is 5.29. The smallest absolute Gasteiger partial charge is 0.405 e. The van der Waals surface area contributed by atoms with E-state index in [1.807, 2.05) is 0 Å². The van der Waals surface area contributed by atoms with Crippen LogP contribution in [0.1, 0.15) is 17.8 Å². The summed E-state index contributed by atoms with van der Waals surface area (Å²) in [5.41, 5.74) is -1.17. The summed E-state index contributed by atoms with van der Waals surface area (Å²) in [6.07, 6.45) is -8.04. The van der Waals surface area contributed by atoms with Crippen LogP contribution in [0.3, 0.4) is 0 Å². The number of pyridine rings is 1. The molecular weight excluding hydrogens is 364 g/mol. The van der Waals surface area contributed by atoms with Crippen LogP contribution in [0.25, 0.3) is 0 Å². The molecule has 1 N–H and O–H groups in total. The van der Waals surface area contributed by atoms with Gasteiger partial charge in [0, 0.05) is 6.07 Å². The normalized spacial score (nSPS) is 12.0. The van der Waals surface area contributed by atoms with Crippen LogP contribution < -0.4 is 4.74 Å². The lowest BCUT2D eigenvalue weighted by Crippen LogP contribution is -2.19. The fourth-order valence-electron chi connectivity index (χ4n) is 0.993. The number of nitrogens with zero attached hydrogens (tertiary/aromatic N) is 1. The van der Waals surface area contributed by atoms with E-state index in [4.69, 9.17) is 5.11 Å². The fraction of sp³-hybridized carbons (Fsp3) is 0.375. The molecule has 17 heavy (non-hydrogen) atoms. The van der Waals surface area contributed by atoms with Gasteiger partial charge in [0.1, 0.15) is 11.4 Å². The van der Waals surface area contributed by atoms with Crippen LogP contribution in [0.15, 0.2) is 6.07 Å². The van der Waals surface area contributed by atoms with Crippen molar-refractivity contribution in [3.8, 4) is 5.75 Å². The van der Waals surface area contributed by atoms with E-state index in [1.54, 1.807) is 0 Å². The van der Waals surface area contributed by atoms with Crippen molar-refractivity contribution in [1.29, 1.82) is 0 Å². The first-order valence-electron chi connectivity index (χ1n) is 4.08. The van der Waals surface area contributed by atoms with Crippen molar-refractivity contribution >= 4 is 22.6 Å². The van der Waals surface area contributed by atoms with Gasteiger partial charge in [0.05, 0.1) is 15.9 Å². The summed E-state index contributed by atoms with van der Waals surface area (Å²) < 4.78 is 64.1. The van der Waals surface area contributed by atoms with E-state index in [-0.39, 0.29) is 9.26 Å². The maximum absolute atomic E-state index is 12.3. The van der Waals surface area contributed by atoms with E-state index in [2.05, 4.69) is 9.72 Å². The van der Waals surface area contributed by atoms with Gasteiger partial charge in [-0.1, -0.05) is 0 Å². The quantitative estimate of drug-likeness (QED) is 0.658. The van der Waals surface area contributed by atoms with Crippen LogP contribution >= 0.6 is 22.6 Å². The molecular formula is C8H5F5INO2. The van der Waals surface area contributed by atoms with E-state index in [0.717, 1.165) is 0 Å². The molecule has 1 heterocycles. The number of ether oxygens (including phenoxy) is 1. The standard InChI is InChI=1S/C8H5F5INO2/c9-7(10)3-1-5(17-8(11,12)13)6(14)4(2-16)15-3/h1,7,16H,2H2. The maximum atomic E-state index is 12.3. The number of aliphatic hydroxyl groups is 1. The summed E-state index contributed by atoms with van der Waals surface area (Å²) in [6, 6.07) is 0.499. The van der Waals surface area contributed by atoms with Gasteiger partial charge in [-0.15, -0.1) is 13.2 Å². The number of aromatic nitrogens is 1. The average molecular weight is 369 g/mol. The Bertz CT molecular complexity index is 410. The van der Waals surface area contributed by atoms with E-state index in [9.17, 15) is 22.0 Å². The SMILES string of the molecule is OCc1nc(C(F)F)cc(OC(F)(F)F)c1I. The molecule has 0 aliphatic rings. The van der Waals surface area contributed by atoms with Crippen LogP contribution in [0, 0.1) is 3.57 Å². The van der Waals surface area contributed by atoms with Crippen molar-refractivity contribution in [3.05, 3.63) is 21.0 Å². The minimum atomic E-state index is -4.99. The largest absolute Gasteiger partial charge is 0.573 e. The molecule has 0 aliphatic heterocycles. The molecule has 0 fully saturated rings. The Morgan fingerprint density at radius 3 is 2.41 bits per heavy atom. The number of hydrogen-bond donors (Lipinski definition) is 1. The Labute approximate surface area is 106 Å². The maximum Gasteiger partial charge on any atom is 0.573 e. The highest BCUT2D eigenvalue weighted by molar-refractivity contribution is 14.1. The Balaban J connectivity index is 3.23. The van der Waals surface area contributed by atoms with Gasteiger partial charge in [-0.25, -0.2) is 13.8 Å². The molecule has 1 rings (SSSR count). The average Bonchev–Trinajstić information content (AvgIpc) is 2.18. The lowest BCUT2D eigenvalue weighted by atomic mass is 10.3. The van der Waals surface area contributed by atoms with Crippen LogP contribution in [0.4, 0.5) is 22.0 Å². The third-order valence-electron chi connectivity index (χ3n) is 1.61. The molecule has 0 atom stereocenters. The summed E-state index contributed by atoms with van der Waals surface area (Å²) in [7, 11) is 0. The molecule has 1 aromatic heterocycles. The summed E-state index contributed by atoms with van der Waals surface area (Å²) in [5.74, 6) is -0.799. The second-order valence-electron chi connectivity index (χ2n) is 2.81. The Kier molecular flexibility index (Phi) is 4.47. The summed E-state index contributed by atoms with van der Waals surface area (Å²) in [6.45, 7) is -0.757. The van der Waals surface area contributed by atoms with Gasteiger partial charge in [-0.3, -0.25) is 0 Å². The lowest BCUT2D eigenvalue weighted by Gasteiger charge is -2.13. The summed E-state index contributed by atoms with van der Waals surface area (Å²) >= 11 is 1.43. The molecule has 0 bridgehead atoms.